The summed E-state index contributed by atoms with van der Waals surface area (Å²) in [7, 11) is 3.39. The van der Waals surface area contributed by atoms with Crippen molar-refractivity contribution in [2.24, 2.45) is 5.92 Å². The van der Waals surface area contributed by atoms with E-state index >= 15 is 0 Å². The number of carbonyl (C=O) groups excluding carboxylic acids is 3. The number of nitrogens with zero attached hydrogens (tertiary/aromatic N) is 1. The number of fused-ring (bicyclic) bond motifs is 1. The van der Waals surface area contributed by atoms with Crippen molar-refractivity contribution < 1.29 is 38.4 Å². The van der Waals surface area contributed by atoms with E-state index in [1.165, 1.54) is 4.90 Å². The van der Waals surface area contributed by atoms with Crippen LogP contribution in [0.1, 0.15) is 45.5 Å². The Balaban J connectivity index is 1.26. The van der Waals surface area contributed by atoms with Crippen molar-refractivity contribution >= 4 is 17.9 Å². The number of aliphatic hydroxyl groups excluding tert-OH is 1. The number of aliphatic hydroxyl groups is 1. The normalized spacial score (nSPS) is 20.1. The summed E-state index contributed by atoms with van der Waals surface area (Å²) in [5.41, 5.74) is 3.95. The Morgan fingerprint density at radius 1 is 0.918 bits per heavy atom. The van der Waals surface area contributed by atoms with Gasteiger partial charge in [0.1, 0.15) is 11.9 Å². The van der Waals surface area contributed by atoms with Crippen LogP contribution in [0.3, 0.4) is 0 Å². The van der Waals surface area contributed by atoms with Gasteiger partial charge in [-0.05, 0) is 73.9 Å². The lowest BCUT2D eigenvalue weighted by Gasteiger charge is -2.29. The summed E-state index contributed by atoms with van der Waals surface area (Å²) in [6, 6.07) is 21.6. The number of aryl methyl sites for hydroxylation is 2. The molecule has 0 saturated carbocycles. The van der Waals surface area contributed by atoms with Crippen LogP contribution in [0.25, 0.3) is 0 Å². The van der Waals surface area contributed by atoms with Crippen LogP contribution in [0.2, 0.25) is 0 Å². The lowest BCUT2D eigenvalue weighted by Crippen LogP contribution is -2.50. The molecular formula is C38H47N3O8. The second kappa shape index (κ2) is 16.8. The predicted molar refractivity (Wildman–Crippen MR) is 183 cm³/mol. The first kappa shape index (κ1) is 35.8. The topological polar surface area (TPSA) is 136 Å². The maximum atomic E-state index is 13.3. The van der Waals surface area contributed by atoms with E-state index < -0.39 is 30.4 Å². The van der Waals surface area contributed by atoms with E-state index in [-0.39, 0.29) is 43.7 Å². The van der Waals surface area contributed by atoms with Crippen LogP contribution in [0.4, 0.5) is 4.79 Å². The molecule has 0 aliphatic carbocycles. The van der Waals surface area contributed by atoms with Crippen LogP contribution in [-0.2, 0) is 31.8 Å². The van der Waals surface area contributed by atoms with Crippen molar-refractivity contribution in [3.8, 4) is 5.75 Å². The Morgan fingerprint density at radius 2 is 1.55 bits per heavy atom. The van der Waals surface area contributed by atoms with E-state index in [4.69, 9.17) is 18.9 Å². The average Bonchev–Trinajstić information content (AvgIpc) is 3.69. The predicted octanol–water partition coefficient (Wildman–Crippen LogP) is 3.96. The molecule has 11 heteroatoms. The number of rotatable bonds is 14. The van der Waals surface area contributed by atoms with Crippen LogP contribution in [0.5, 0.6) is 5.75 Å². The molecule has 2 aliphatic rings. The highest BCUT2D eigenvalue weighted by atomic mass is 16.7. The first-order chi connectivity index (χ1) is 23.6. The van der Waals surface area contributed by atoms with Gasteiger partial charge in [-0.15, -0.1) is 0 Å². The number of hydrogen-bond donors (Lipinski definition) is 3. The van der Waals surface area contributed by atoms with E-state index in [1.807, 2.05) is 74.5 Å². The van der Waals surface area contributed by atoms with Gasteiger partial charge in [-0.3, -0.25) is 9.59 Å². The van der Waals surface area contributed by atoms with Crippen LogP contribution < -0.4 is 15.4 Å². The third kappa shape index (κ3) is 9.81. The van der Waals surface area contributed by atoms with Crippen molar-refractivity contribution in [3.05, 3.63) is 101 Å². The van der Waals surface area contributed by atoms with E-state index in [0.29, 0.717) is 30.8 Å². The first-order valence-corrected chi connectivity index (χ1v) is 16.8. The summed E-state index contributed by atoms with van der Waals surface area (Å²) in [6.07, 6.45) is -0.731. The summed E-state index contributed by atoms with van der Waals surface area (Å²) in [4.78, 5) is 40.5. The molecule has 2 unspecified atom stereocenters. The number of amides is 3. The standard InChI is InChI=1S/C38H47N3O8/c1-24-17-28(36(44)41(3)4)18-25(2)35(24)47-23-34(43)39-29(19-26-11-7-5-8-12-26)21-32(42)31(20-27-13-9-6-10-14-27)40-38(45)49-33-22-48-37-30(33)15-16-46-37/h5-14,17-18,29-33,37,42H,15-16,19-23H2,1-4H3,(H,39,43)(H,40,45)/t29-,30?,31-,32-,33-,37?/m0/s1. The van der Waals surface area contributed by atoms with E-state index in [1.54, 1.807) is 26.2 Å². The minimum Gasteiger partial charge on any atom is -0.483 e. The summed E-state index contributed by atoms with van der Waals surface area (Å²) < 4.78 is 22.9. The fourth-order valence-corrected chi connectivity index (χ4v) is 6.54. The zero-order chi connectivity index (χ0) is 34.9. The lowest BCUT2D eigenvalue weighted by atomic mass is 9.93. The van der Waals surface area contributed by atoms with E-state index in [0.717, 1.165) is 28.7 Å². The molecule has 0 radical (unpaired) electrons. The quantitative estimate of drug-likeness (QED) is 0.234. The van der Waals surface area contributed by atoms with Gasteiger partial charge >= 0.3 is 6.09 Å². The van der Waals surface area contributed by atoms with Gasteiger partial charge in [0.2, 0.25) is 0 Å². The highest BCUT2D eigenvalue weighted by Gasteiger charge is 2.44. The number of nitrogens with one attached hydrogen (secondary N) is 2. The Hall–Kier alpha value is -4.45. The summed E-state index contributed by atoms with van der Waals surface area (Å²) in [5, 5.41) is 17.6. The van der Waals surface area contributed by atoms with Crippen molar-refractivity contribution in [1.82, 2.24) is 15.5 Å². The highest BCUT2D eigenvalue weighted by Crippen LogP contribution is 2.33. The van der Waals surface area contributed by atoms with Crippen LogP contribution in [0, 0.1) is 19.8 Å². The second-order valence-electron chi connectivity index (χ2n) is 13.1. The number of alkyl carbamates (subject to hydrolysis) is 1. The minimum absolute atomic E-state index is 0.0121. The molecule has 3 aromatic rings. The molecule has 3 N–H and O–H groups in total. The molecule has 3 amide bonds. The van der Waals surface area contributed by atoms with Crippen LogP contribution in [0.15, 0.2) is 72.8 Å². The molecule has 262 valence electrons. The molecule has 5 rings (SSSR count). The van der Waals surface area contributed by atoms with Gasteiger partial charge in [0.15, 0.2) is 12.9 Å². The molecule has 2 aliphatic heterocycles. The molecule has 0 aromatic heterocycles. The zero-order valence-corrected chi connectivity index (χ0v) is 28.6. The van der Waals surface area contributed by atoms with Gasteiger partial charge in [-0.25, -0.2) is 4.79 Å². The Bertz CT molecular complexity index is 1540. The van der Waals surface area contributed by atoms with Crippen molar-refractivity contribution in [1.29, 1.82) is 0 Å². The number of ether oxygens (including phenoxy) is 4. The Labute approximate surface area is 287 Å². The average molecular weight is 674 g/mol. The minimum atomic E-state index is -1.03. The molecule has 6 atom stereocenters. The fraction of sp³-hybridized carbons (Fsp3) is 0.447. The Morgan fingerprint density at radius 3 is 2.18 bits per heavy atom. The molecule has 0 spiro atoms. The first-order valence-electron chi connectivity index (χ1n) is 16.8. The molecule has 49 heavy (non-hydrogen) atoms. The third-order valence-corrected chi connectivity index (χ3v) is 8.99. The number of hydrogen-bond acceptors (Lipinski definition) is 8. The Kier molecular flexibility index (Phi) is 12.3. The van der Waals surface area contributed by atoms with Crippen molar-refractivity contribution in [2.45, 2.75) is 70.1 Å². The molecule has 11 nitrogen and oxygen atoms in total. The SMILES string of the molecule is Cc1cc(C(=O)N(C)C)cc(C)c1OCC(=O)N[C@@H](Cc1ccccc1)C[C@H](O)[C@H](Cc1ccccc1)NC(=O)O[C@H]1COC2OCCC21. The summed E-state index contributed by atoms with van der Waals surface area (Å²) >= 11 is 0. The third-order valence-electron chi connectivity index (χ3n) is 8.99. The second-order valence-corrected chi connectivity index (χ2v) is 13.1. The maximum Gasteiger partial charge on any atom is 0.407 e. The molecule has 2 saturated heterocycles. The number of carbonyl (C=O) groups is 3. The van der Waals surface area contributed by atoms with Gasteiger partial charge in [-0.2, -0.15) is 0 Å². The van der Waals surface area contributed by atoms with Gasteiger partial charge < -0.3 is 39.6 Å². The molecule has 3 aromatic carbocycles. The maximum absolute atomic E-state index is 13.3. The van der Waals surface area contributed by atoms with Gasteiger partial charge in [0.05, 0.1) is 31.3 Å². The molecule has 2 heterocycles. The zero-order valence-electron chi connectivity index (χ0n) is 28.6. The molecule has 0 bridgehead atoms. The van der Waals surface area contributed by atoms with Gasteiger partial charge in [0, 0.05) is 25.7 Å². The summed E-state index contributed by atoms with van der Waals surface area (Å²) in [5.74, 6) is 0.0542. The lowest BCUT2D eigenvalue weighted by molar-refractivity contribution is -0.124. The van der Waals surface area contributed by atoms with Crippen LogP contribution in [-0.4, -0.2) is 92.4 Å². The summed E-state index contributed by atoms with van der Waals surface area (Å²) in [6.45, 7) is 4.25. The monoisotopic (exact) mass is 673 g/mol. The molecule has 2 fully saturated rings. The number of benzene rings is 3. The highest BCUT2D eigenvalue weighted by molar-refractivity contribution is 5.94. The van der Waals surface area contributed by atoms with Crippen molar-refractivity contribution in [3.63, 3.8) is 0 Å². The molecular weight excluding hydrogens is 626 g/mol. The van der Waals surface area contributed by atoms with Crippen LogP contribution >= 0.6 is 0 Å². The van der Waals surface area contributed by atoms with Crippen molar-refractivity contribution in [2.75, 3.05) is 33.9 Å². The van der Waals surface area contributed by atoms with E-state index in [2.05, 4.69) is 10.6 Å². The van der Waals surface area contributed by atoms with Gasteiger partial charge in [0.25, 0.3) is 11.8 Å². The fourth-order valence-electron chi connectivity index (χ4n) is 6.54. The smallest absolute Gasteiger partial charge is 0.407 e. The largest absolute Gasteiger partial charge is 0.483 e. The van der Waals surface area contributed by atoms with E-state index in [9.17, 15) is 19.5 Å². The van der Waals surface area contributed by atoms with Gasteiger partial charge in [-0.1, -0.05) is 60.7 Å².